The fraction of sp³-hybridized carbons (Fsp3) is 0.400. The van der Waals surface area contributed by atoms with Crippen LogP contribution in [0.5, 0.6) is 0 Å². The molecule has 0 radical (unpaired) electrons. The van der Waals surface area contributed by atoms with Crippen LogP contribution in [-0.2, 0) is 27.8 Å². The molecule has 2 rings (SSSR count). The number of nitrogens with one attached hydrogen (secondary N) is 4. The fourth-order valence-electron chi connectivity index (χ4n) is 3.13. The van der Waals surface area contributed by atoms with Gasteiger partial charge in [0, 0.05) is 13.6 Å². The number of ether oxygens (including phenoxy) is 1. The molecule has 1 unspecified atom stereocenters. The zero-order chi connectivity index (χ0) is 28.7. The van der Waals surface area contributed by atoms with Crippen molar-refractivity contribution in [3.05, 3.63) is 59.2 Å². The second kappa shape index (κ2) is 12.3. The third-order valence-electron chi connectivity index (χ3n) is 5.40. The summed E-state index contributed by atoms with van der Waals surface area (Å²) >= 11 is 0.878. The SMILES string of the molecule is CNC(=O)NCc1cccc(SNC(=O)NC(C)(COC(=O)C(C)(C)C)c2cccc(C(F)(F)F)c2)c1N. The van der Waals surface area contributed by atoms with Crippen LogP contribution in [0.15, 0.2) is 47.4 Å². The van der Waals surface area contributed by atoms with E-state index in [1.165, 1.54) is 26.1 Å². The summed E-state index contributed by atoms with van der Waals surface area (Å²) in [5.41, 5.74) is 3.93. The second-order valence-corrected chi connectivity index (χ2v) is 10.5. The van der Waals surface area contributed by atoms with Crippen molar-refractivity contribution < 1.29 is 32.3 Å². The first-order chi connectivity index (χ1) is 17.6. The van der Waals surface area contributed by atoms with Crippen LogP contribution >= 0.6 is 11.9 Å². The topological polar surface area (TPSA) is 135 Å². The molecule has 13 heteroatoms. The number of carbonyl (C=O) groups is 3. The van der Waals surface area contributed by atoms with Gasteiger partial charge < -0.3 is 26.4 Å². The number of carbonyl (C=O) groups excluding carboxylic acids is 3. The molecule has 6 N–H and O–H groups in total. The maximum atomic E-state index is 13.4. The van der Waals surface area contributed by atoms with Crippen LogP contribution in [0.4, 0.5) is 28.4 Å². The normalized spacial score (nSPS) is 13.2. The van der Waals surface area contributed by atoms with Gasteiger partial charge in [0.15, 0.2) is 0 Å². The minimum Gasteiger partial charge on any atom is -0.462 e. The third-order valence-corrected chi connectivity index (χ3v) is 6.26. The van der Waals surface area contributed by atoms with Gasteiger partial charge in [-0.2, -0.15) is 13.2 Å². The molecule has 0 aliphatic rings. The van der Waals surface area contributed by atoms with Crippen molar-refractivity contribution in [3.63, 3.8) is 0 Å². The molecule has 2 aromatic carbocycles. The summed E-state index contributed by atoms with van der Waals surface area (Å²) in [5, 5.41) is 7.67. The number of benzene rings is 2. The lowest BCUT2D eigenvalue weighted by atomic mass is 9.91. The summed E-state index contributed by atoms with van der Waals surface area (Å²) in [5.74, 6) is -0.581. The summed E-state index contributed by atoms with van der Waals surface area (Å²) in [7, 11) is 1.48. The number of anilines is 1. The Balaban J connectivity index is 2.23. The highest BCUT2D eigenvalue weighted by Crippen LogP contribution is 2.33. The van der Waals surface area contributed by atoms with Crippen LogP contribution in [0.1, 0.15) is 44.4 Å². The summed E-state index contributed by atoms with van der Waals surface area (Å²) in [4.78, 5) is 37.2. The molecule has 0 bridgehead atoms. The van der Waals surface area contributed by atoms with Crippen molar-refractivity contribution in [2.45, 2.75) is 50.9 Å². The average molecular weight is 556 g/mol. The Bertz CT molecular complexity index is 1170. The van der Waals surface area contributed by atoms with Crippen molar-refractivity contribution in [3.8, 4) is 0 Å². The molecule has 208 valence electrons. The summed E-state index contributed by atoms with van der Waals surface area (Å²) in [6.45, 7) is 6.11. The predicted octanol–water partition coefficient (Wildman–Crippen LogP) is 4.53. The smallest absolute Gasteiger partial charge is 0.416 e. The number of rotatable bonds is 8. The highest BCUT2D eigenvalue weighted by Gasteiger charge is 2.36. The average Bonchev–Trinajstić information content (AvgIpc) is 2.84. The maximum absolute atomic E-state index is 13.4. The van der Waals surface area contributed by atoms with Crippen LogP contribution in [0.25, 0.3) is 0 Å². The fourth-order valence-corrected chi connectivity index (χ4v) is 3.77. The van der Waals surface area contributed by atoms with Gasteiger partial charge in [0.2, 0.25) is 0 Å². The Morgan fingerprint density at radius 3 is 2.21 bits per heavy atom. The Morgan fingerprint density at radius 1 is 0.974 bits per heavy atom. The van der Waals surface area contributed by atoms with Gasteiger partial charge >= 0.3 is 24.2 Å². The lowest BCUT2D eigenvalue weighted by Gasteiger charge is -2.32. The number of hydrogen-bond acceptors (Lipinski definition) is 6. The zero-order valence-corrected chi connectivity index (χ0v) is 22.5. The van der Waals surface area contributed by atoms with E-state index in [1.807, 2.05) is 0 Å². The molecule has 9 nitrogen and oxygen atoms in total. The largest absolute Gasteiger partial charge is 0.462 e. The standard InChI is InChI=1S/C25H32F3N5O4S/c1-23(2,3)20(34)37-14-24(4,16-9-7-10-17(12-16)25(26,27)28)32-22(36)33-38-18-11-6-8-15(19(18)29)13-31-21(35)30-5/h6-12H,13-14,29H2,1-5H3,(H2,30,31,35)(H2,32,33,36). The third kappa shape index (κ3) is 8.47. The molecule has 0 fully saturated rings. The van der Waals surface area contributed by atoms with Crippen LogP contribution in [0.2, 0.25) is 0 Å². The minimum absolute atomic E-state index is 0.0935. The monoisotopic (exact) mass is 555 g/mol. The Labute approximate surface area is 223 Å². The molecule has 0 aliphatic heterocycles. The van der Waals surface area contributed by atoms with Gasteiger partial charge in [-0.05, 0) is 69.0 Å². The number of nitrogens with two attached hydrogens (primary N) is 1. The molecular formula is C25H32F3N5O4S. The van der Waals surface area contributed by atoms with Crippen LogP contribution < -0.4 is 26.4 Å². The zero-order valence-electron chi connectivity index (χ0n) is 21.7. The van der Waals surface area contributed by atoms with Gasteiger partial charge in [-0.3, -0.25) is 9.52 Å². The van der Waals surface area contributed by atoms with Crippen molar-refractivity contribution in [1.29, 1.82) is 0 Å². The molecule has 0 aromatic heterocycles. The van der Waals surface area contributed by atoms with Gasteiger partial charge in [-0.1, -0.05) is 24.3 Å². The van der Waals surface area contributed by atoms with E-state index in [9.17, 15) is 27.6 Å². The van der Waals surface area contributed by atoms with Crippen molar-refractivity contribution in [1.82, 2.24) is 20.7 Å². The molecule has 0 saturated heterocycles. The van der Waals surface area contributed by atoms with Crippen molar-refractivity contribution in [2.24, 2.45) is 5.41 Å². The van der Waals surface area contributed by atoms with E-state index in [0.717, 1.165) is 24.1 Å². The Kier molecular flexibility index (Phi) is 9.90. The first kappa shape index (κ1) is 30.6. The van der Waals surface area contributed by atoms with Gasteiger partial charge in [-0.25, -0.2) is 9.59 Å². The number of urea groups is 2. The highest BCUT2D eigenvalue weighted by atomic mass is 32.2. The molecule has 0 spiro atoms. The number of para-hydroxylation sites is 1. The van der Waals surface area contributed by atoms with Crippen LogP contribution in [0.3, 0.4) is 0 Å². The number of esters is 1. The predicted molar refractivity (Wildman–Crippen MR) is 139 cm³/mol. The van der Waals surface area contributed by atoms with E-state index < -0.39 is 41.3 Å². The molecule has 38 heavy (non-hydrogen) atoms. The number of hydrogen-bond donors (Lipinski definition) is 5. The summed E-state index contributed by atoms with van der Waals surface area (Å²) in [6, 6.07) is 8.36. The summed E-state index contributed by atoms with van der Waals surface area (Å²) < 4.78 is 48.0. The molecule has 0 saturated carbocycles. The summed E-state index contributed by atoms with van der Waals surface area (Å²) in [6.07, 6.45) is -4.60. The molecular weight excluding hydrogens is 523 g/mol. The van der Waals surface area contributed by atoms with Crippen molar-refractivity contribution in [2.75, 3.05) is 19.4 Å². The Morgan fingerprint density at radius 2 is 1.61 bits per heavy atom. The number of amides is 4. The van der Waals surface area contributed by atoms with E-state index in [2.05, 4.69) is 20.7 Å². The Hall–Kier alpha value is -3.61. The van der Waals surface area contributed by atoms with E-state index in [4.69, 9.17) is 10.5 Å². The quantitative estimate of drug-likeness (QED) is 0.185. The van der Waals surface area contributed by atoms with Crippen LogP contribution in [-0.4, -0.2) is 31.7 Å². The number of alkyl halides is 3. The maximum Gasteiger partial charge on any atom is 0.416 e. The lowest BCUT2D eigenvalue weighted by molar-refractivity contribution is -0.155. The molecule has 1 atom stereocenters. The van der Waals surface area contributed by atoms with E-state index in [-0.39, 0.29) is 18.1 Å². The molecule has 0 aliphatic carbocycles. The van der Waals surface area contributed by atoms with Crippen LogP contribution in [0, 0.1) is 5.41 Å². The molecule has 4 amide bonds. The number of nitrogen functional groups attached to an aromatic ring is 1. The first-order valence-corrected chi connectivity index (χ1v) is 12.3. The highest BCUT2D eigenvalue weighted by molar-refractivity contribution is 7.98. The van der Waals surface area contributed by atoms with Gasteiger partial charge in [0.25, 0.3) is 0 Å². The van der Waals surface area contributed by atoms with E-state index in [1.54, 1.807) is 39.0 Å². The van der Waals surface area contributed by atoms with Crippen molar-refractivity contribution >= 4 is 35.7 Å². The van der Waals surface area contributed by atoms with Gasteiger partial charge in [0.1, 0.15) is 6.61 Å². The van der Waals surface area contributed by atoms with Gasteiger partial charge in [0.05, 0.1) is 27.1 Å². The van der Waals surface area contributed by atoms with E-state index in [0.29, 0.717) is 16.1 Å². The number of halogens is 3. The molecule has 0 heterocycles. The lowest BCUT2D eigenvalue weighted by Crippen LogP contribution is -2.50. The van der Waals surface area contributed by atoms with E-state index >= 15 is 0 Å². The second-order valence-electron chi connectivity index (χ2n) is 9.66. The molecule has 2 aromatic rings. The van der Waals surface area contributed by atoms with Gasteiger partial charge in [-0.15, -0.1) is 0 Å². The first-order valence-electron chi connectivity index (χ1n) is 11.5. The minimum atomic E-state index is -4.60.